The molecule has 0 fully saturated rings. The van der Waals surface area contributed by atoms with Gasteiger partial charge in [0.2, 0.25) is 0 Å². The molecule has 16 heavy (non-hydrogen) atoms. The molecule has 2 aromatic heterocycles. The maximum absolute atomic E-state index is 11.5. The first kappa shape index (κ1) is 9.56. The van der Waals surface area contributed by atoms with Crippen LogP contribution < -0.4 is 5.32 Å². The summed E-state index contributed by atoms with van der Waals surface area (Å²) in [5, 5.41) is 18.5. The lowest BCUT2D eigenvalue weighted by atomic mass is 10.2. The predicted octanol–water partition coefficient (Wildman–Crippen LogP) is 0.846. The van der Waals surface area contributed by atoms with Crippen LogP contribution in [0.25, 0.3) is 10.6 Å². The van der Waals surface area contributed by atoms with E-state index in [1.807, 2.05) is 17.5 Å². The lowest BCUT2D eigenvalue weighted by Gasteiger charge is -2.19. The van der Waals surface area contributed by atoms with Crippen LogP contribution in [0.4, 0.5) is 0 Å². The number of fused-ring (bicyclic) bond motifs is 1. The van der Waals surface area contributed by atoms with Gasteiger partial charge in [-0.25, -0.2) is 4.68 Å². The minimum atomic E-state index is -0.776. The second-order valence-electron chi connectivity index (χ2n) is 3.53. The fraction of sp³-hybridized carbons (Fsp3) is 0.200. The number of aliphatic hydroxyl groups excluding tert-OH is 1. The Labute approximate surface area is 95.3 Å². The van der Waals surface area contributed by atoms with Crippen LogP contribution in [0.3, 0.4) is 0 Å². The molecule has 3 heterocycles. The van der Waals surface area contributed by atoms with Crippen molar-refractivity contribution in [1.82, 2.24) is 15.1 Å². The summed E-state index contributed by atoms with van der Waals surface area (Å²) in [5.41, 5.74) is 1.13. The lowest BCUT2D eigenvalue weighted by Crippen LogP contribution is -2.39. The monoisotopic (exact) mass is 235 g/mol. The SMILES string of the molecule is O=C1NCC(O)n2nc(-c3cccs3)cc21. The minimum Gasteiger partial charge on any atom is -0.370 e. The summed E-state index contributed by atoms with van der Waals surface area (Å²) in [7, 11) is 0. The van der Waals surface area contributed by atoms with Gasteiger partial charge in [-0.15, -0.1) is 11.3 Å². The summed E-state index contributed by atoms with van der Waals surface area (Å²) in [4.78, 5) is 12.5. The van der Waals surface area contributed by atoms with Gasteiger partial charge in [-0.2, -0.15) is 5.10 Å². The maximum atomic E-state index is 11.5. The summed E-state index contributed by atoms with van der Waals surface area (Å²) in [6.45, 7) is 0.206. The van der Waals surface area contributed by atoms with Crippen molar-refractivity contribution in [3.63, 3.8) is 0 Å². The van der Waals surface area contributed by atoms with Crippen molar-refractivity contribution in [3.8, 4) is 10.6 Å². The molecule has 0 spiro atoms. The highest BCUT2D eigenvalue weighted by molar-refractivity contribution is 7.13. The quantitative estimate of drug-likeness (QED) is 0.770. The molecule has 0 saturated heterocycles. The van der Waals surface area contributed by atoms with Crippen LogP contribution in [0.2, 0.25) is 0 Å². The molecule has 3 rings (SSSR count). The number of aliphatic hydroxyl groups is 1. The van der Waals surface area contributed by atoms with Crippen molar-refractivity contribution >= 4 is 17.2 Å². The van der Waals surface area contributed by atoms with E-state index in [0.717, 1.165) is 10.6 Å². The Morgan fingerprint density at radius 2 is 2.50 bits per heavy atom. The van der Waals surface area contributed by atoms with Crippen LogP contribution in [-0.4, -0.2) is 27.3 Å². The molecule has 2 aromatic rings. The summed E-state index contributed by atoms with van der Waals surface area (Å²) < 4.78 is 1.37. The highest BCUT2D eigenvalue weighted by Crippen LogP contribution is 2.26. The van der Waals surface area contributed by atoms with Crippen molar-refractivity contribution in [2.75, 3.05) is 6.54 Å². The van der Waals surface area contributed by atoms with E-state index in [2.05, 4.69) is 10.4 Å². The van der Waals surface area contributed by atoms with Crippen molar-refractivity contribution in [3.05, 3.63) is 29.3 Å². The fourth-order valence-electron chi connectivity index (χ4n) is 1.70. The van der Waals surface area contributed by atoms with Gasteiger partial charge in [-0.3, -0.25) is 4.79 Å². The van der Waals surface area contributed by atoms with Gasteiger partial charge in [0.05, 0.1) is 11.4 Å². The summed E-state index contributed by atoms with van der Waals surface area (Å²) >= 11 is 1.55. The van der Waals surface area contributed by atoms with Gasteiger partial charge >= 0.3 is 0 Å². The third kappa shape index (κ3) is 1.35. The highest BCUT2D eigenvalue weighted by Gasteiger charge is 2.25. The van der Waals surface area contributed by atoms with E-state index in [9.17, 15) is 9.90 Å². The van der Waals surface area contributed by atoms with E-state index >= 15 is 0 Å². The molecular formula is C10H9N3O2S. The number of carbonyl (C=O) groups excluding carboxylic acids is 1. The normalized spacial score (nSPS) is 19.3. The number of carbonyl (C=O) groups is 1. The number of rotatable bonds is 1. The number of β-amino-alcohol motifs (C(OH)–C–C–N with tert-alkyl or cyclic N) is 1. The summed E-state index contributed by atoms with van der Waals surface area (Å²) in [5.74, 6) is -0.194. The third-order valence-corrected chi connectivity index (χ3v) is 3.36. The number of hydrogen-bond acceptors (Lipinski definition) is 4. The Hall–Kier alpha value is -1.66. The molecule has 0 aliphatic carbocycles. The first-order chi connectivity index (χ1) is 7.75. The molecule has 82 valence electrons. The molecule has 5 nitrogen and oxygen atoms in total. The minimum absolute atomic E-state index is 0.194. The Morgan fingerprint density at radius 3 is 3.19 bits per heavy atom. The molecule has 1 aliphatic heterocycles. The molecule has 1 aliphatic rings. The van der Waals surface area contributed by atoms with Gasteiger partial charge in [0.1, 0.15) is 11.4 Å². The standard InChI is InChI=1S/C10H9N3O2S/c14-9-5-11-10(15)7-4-6(12-13(7)9)8-2-1-3-16-8/h1-4,9,14H,5H2,(H,11,15). The topological polar surface area (TPSA) is 67.2 Å². The van der Waals surface area contributed by atoms with Crippen LogP contribution in [0, 0.1) is 0 Å². The number of amides is 1. The first-order valence-corrected chi connectivity index (χ1v) is 5.73. The molecule has 1 amide bonds. The molecule has 1 unspecified atom stereocenters. The third-order valence-electron chi connectivity index (χ3n) is 2.47. The van der Waals surface area contributed by atoms with Crippen molar-refractivity contribution < 1.29 is 9.90 Å². The van der Waals surface area contributed by atoms with Crippen LogP contribution in [0.5, 0.6) is 0 Å². The van der Waals surface area contributed by atoms with Gasteiger partial charge in [0.25, 0.3) is 5.91 Å². The van der Waals surface area contributed by atoms with E-state index in [0.29, 0.717) is 5.69 Å². The molecule has 6 heteroatoms. The number of thiophene rings is 1. The van der Waals surface area contributed by atoms with E-state index in [1.54, 1.807) is 17.4 Å². The number of aromatic nitrogens is 2. The molecule has 1 atom stereocenters. The molecule has 0 bridgehead atoms. The van der Waals surface area contributed by atoms with E-state index < -0.39 is 6.23 Å². The van der Waals surface area contributed by atoms with Crippen LogP contribution in [0.1, 0.15) is 16.7 Å². The largest absolute Gasteiger partial charge is 0.370 e. The van der Waals surface area contributed by atoms with Gasteiger partial charge in [0.15, 0.2) is 6.23 Å². The fourth-order valence-corrected chi connectivity index (χ4v) is 2.38. The average molecular weight is 235 g/mol. The summed E-state index contributed by atoms with van der Waals surface area (Å²) in [6, 6.07) is 5.56. The Morgan fingerprint density at radius 1 is 1.62 bits per heavy atom. The molecule has 2 N–H and O–H groups in total. The van der Waals surface area contributed by atoms with E-state index in [-0.39, 0.29) is 12.5 Å². The summed E-state index contributed by atoms with van der Waals surface area (Å²) in [6.07, 6.45) is -0.776. The Balaban J connectivity index is 2.12. The number of hydrogen-bond donors (Lipinski definition) is 2. The molecular weight excluding hydrogens is 226 g/mol. The van der Waals surface area contributed by atoms with Gasteiger partial charge < -0.3 is 10.4 Å². The predicted molar refractivity (Wildman–Crippen MR) is 59.1 cm³/mol. The van der Waals surface area contributed by atoms with Crippen LogP contribution in [0.15, 0.2) is 23.6 Å². The van der Waals surface area contributed by atoms with Crippen molar-refractivity contribution in [1.29, 1.82) is 0 Å². The zero-order valence-corrected chi connectivity index (χ0v) is 9.07. The first-order valence-electron chi connectivity index (χ1n) is 4.85. The highest BCUT2D eigenvalue weighted by atomic mass is 32.1. The second-order valence-corrected chi connectivity index (χ2v) is 4.48. The van der Waals surface area contributed by atoms with Crippen molar-refractivity contribution in [2.24, 2.45) is 0 Å². The maximum Gasteiger partial charge on any atom is 0.269 e. The van der Waals surface area contributed by atoms with Crippen LogP contribution in [-0.2, 0) is 0 Å². The van der Waals surface area contributed by atoms with Gasteiger partial charge in [-0.1, -0.05) is 6.07 Å². The zero-order valence-electron chi connectivity index (χ0n) is 8.25. The zero-order chi connectivity index (χ0) is 11.1. The second kappa shape index (κ2) is 3.43. The average Bonchev–Trinajstić information content (AvgIpc) is 2.90. The molecule has 0 aromatic carbocycles. The van der Waals surface area contributed by atoms with E-state index in [4.69, 9.17) is 0 Å². The number of nitrogens with one attached hydrogen (secondary N) is 1. The number of nitrogens with zero attached hydrogens (tertiary/aromatic N) is 2. The van der Waals surface area contributed by atoms with Gasteiger partial charge in [-0.05, 0) is 17.5 Å². The smallest absolute Gasteiger partial charge is 0.269 e. The lowest BCUT2D eigenvalue weighted by molar-refractivity contribution is 0.0594. The molecule has 0 saturated carbocycles. The van der Waals surface area contributed by atoms with E-state index in [1.165, 1.54) is 4.68 Å². The molecule has 0 radical (unpaired) electrons. The Kier molecular flexibility index (Phi) is 2.05. The van der Waals surface area contributed by atoms with Crippen molar-refractivity contribution in [2.45, 2.75) is 6.23 Å². The van der Waals surface area contributed by atoms with Crippen LogP contribution >= 0.6 is 11.3 Å². The Bertz CT molecular complexity index is 532. The van der Waals surface area contributed by atoms with Gasteiger partial charge in [0, 0.05) is 0 Å².